The van der Waals surface area contributed by atoms with Crippen LogP contribution in [0.5, 0.6) is 0 Å². The summed E-state index contributed by atoms with van der Waals surface area (Å²) in [5.41, 5.74) is -4.45. The molecule has 0 radical (unpaired) electrons. The van der Waals surface area contributed by atoms with Gasteiger partial charge >= 0.3 is 5.51 Å². The Bertz CT molecular complexity index is 913. The maximum absolute atomic E-state index is 12.9. The number of carbonyl (C=O) groups excluding carboxylic acids is 1. The molecule has 2 heterocycles. The van der Waals surface area contributed by atoms with E-state index in [1.54, 1.807) is 12.1 Å². The summed E-state index contributed by atoms with van der Waals surface area (Å²) >= 11 is -0.318. The van der Waals surface area contributed by atoms with Gasteiger partial charge in [-0.2, -0.15) is 17.5 Å². The van der Waals surface area contributed by atoms with Gasteiger partial charge in [-0.3, -0.25) is 4.79 Å². The molecule has 0 saturated carbocycles. The number of benzene rings is 1. The molecule has 1 N–H and O–H groups in total. The van der Waals surface area contributed by atoms with Gasteiger partial charge in [0.25, 0.3) is 0 Å². The number of amides is 1. The number of nitrogens with zero attached hydrogens (tertiary/aromatic N) is 1. The molecule has 1 aromatic heterocycles. The second-order valence-corrected chi connectivity index (χ2v) is 9.12. The molecule has 1 aliphatic rings. The van der Waals surface area contributed by atoms with Crippen molar-refractivity contribution < 1.29 is 30.8 Å². The zero-order chi connectivity index (χ0) is 20.4. The van der Waals surface area contributed by atoms with E-state index in [2.05, 4.69) is 5.32 Å². The second kappa shape index (κ2) is 8.18. The topological polar surface area (TPSA) is 79.6 Å². The Balaban J connectivity index is 1.71. The Kier molecular flexibility index (Phi) is 6.06. The molecule has 152 valence electrons. The molecule has 1 atom stereocenters. The van der Waals surface area contributed by atoms with E-state index in [1.165, 1.54) is 6.26 Å². The average molecular weight is 434 g/mol. The van der Waals surface area contributed by atoms with Crippen molar-refractivity contribution in [1.29, 1.82) is 0 Å². The van der Waals surface area contributed by atoms with Crippen LogP contribution in [-0.4, -0.2) is 36.7 Å². The van der Waals surface area contributed by atoms with Gasteiger partial charge < -0.3 is 9.73 Å². The molecule has 0 bridgehead atoms. The lowest BCUT2D eigenvalue weighted by molar-refractivity contribution is -0.124. The Hall–Kier alpha value is -1.98. The highest BCUT2D eigenvalue weighted by Crippen LogP contribution is 2.37. The molecule has 1 saturated heterocycles. The number of furan rings is 1. The van der Waals surface area contributed by atoms with Crippen molar-refractivity contribution in [1.82, 2.24) is 9.62 Å². The first-order valence-corrected chi connectivity index (χ1v) is 10.6. The van der Waals surface area contributed by atoms with E-state index in [9.17, 15) is 26.4 Å². The van der Waals surface area contributed by atoms with Crippen molar-refractivity contribution in [2.24, 2.45) is 0 Å². The number of hydrogen-bond donors (Lipinski definition) is 1. The Labute approximate surface area is 164 Å². The third kappa shape index (κ3) is 4.89. The summed E-state index contributed by atoms with van der Waals surface area (Å²) < 4.78 is 69.2. The summed E-state index contributed by atoms with van der Waals surface area (Å²) in [7, 11) is -4.01. The molecule has 1 fully saturated rings. The number of thioether (sulfide) groups is 1. The number of nitrogens with one attached hydrogen (secondary N) is 1. The molecule has 1 aromatic carbocycles. The lowest BCUT2D eigenvalue weighted by atomic mass is 10.2. The molecule has 1 aliphatic heterocycles. The van der Waals surface area contributed by atoms with Crippen molar-refractivity contribution in [3.05, 3.63) is 48.4 Å². The molecular weight excluding hydrogens is 417 g/mol. The zero-order valence-corrected chi connectivity index (χ0v) is 16.1. The van der Waals surface area contributed by atoms with Gasteiger partial charge in [0.2, 0.25) is 15.9 Å². The van der Waals surface area contributed by atoms with Crippen LogP contribution in [-0.2, 0) is 21.4 Å². The predicted octanol–water partition coefficient (Wildman–Crippen LogP) is 3.36. The van der Waals surface area contributed by atoms with E-state index in [-0.39, 0.29) is 34.6 Å². The summed E-state index contributed by atoms with van der Waals surface area (Å²) in [5, 5.41) is 2.65. The van der Waals surface area contributed by atoms with E-state index in [0.29, 0.717) is 18.6 Å². The fourth-order valence-corrected chi connectivity index (χ4v) is 5.14. The minimum absolute atomic E-state index is 0.111. The largest absolute Gasteiger partial charge is 0.467 e. The van der Waals surface area contributed by atoms with Crippen LogP contribution in [0.4, 0.5) is 13.2 Å². The van der Waals surface area contributed by atoms with Crippen LogP contribution in [0, 0.1) is 0 Å². The summed E-state index contributed by atoms with van der Waals surface area (Å²) in [6.45, 7) is 0.305. The van der Waals surface area contributed by atoms with Crippen LogP contribution in [0.2, 0.25) is 0 Å². The molecule has 1 amide bonds. The third-order valence-electron chi connectivity index (χ3n) is 4.19. The molecule has 0 aliphatic carbocycles. The summed E-state index contributed by atoms with van der Waals surface area (Å²) in [4.78, 5) is 12.2. The first-order chi connectivity index (χ1) is 13.2. The lowest BCUT2D eigenvalue weighted by Gasteiger charge is -2.23. The smallest absolute Gasteiger partial charge is 0.446 e. The van der Waals surface area contributed by atoms with Gasteiger partial charge in [-0.15, -0.1) is 0 Å². The summed E-state index contributed by atoms with van der Waals surface area (Å²) in [6.07, 6.45) is 2.35. The Morgan fingerprint density at radius 2 is 1.96 bits per heavy atom. The standard InChI is InChI=1S/C17H17F3N2O4S2/c18-17(19,20)27-13-5-7-14(8-6-13)28(24,25)22-9-1-4-15(22)16(23)21-11-12-3-2-10-26-12/h2-3,5-8,10,15H,1,4,9,11H2,(H,21,23). The van der Waals surface area contributed by atoms with E-state index in [0.717, 1.165) is 28.6 Å². The van der Waals surface area contributed by atoms with E-state index < -0.39 is 27.5 Å². The number of hydrogen-bond acceptors (Lipinski definition) is 5. The van der Waals surface area contributed by atoms with Gasteiger partial charge in [0.05, 0.1) is 17.7 Å². The van der Waals surface area contributed by atoms with Crippen LogP contribution in [0.15, 0.2) is 56.9 Å². The third-order valence-corrected chi connectivity index (χ3v) is 6.85. The molecule has 0 spiro atoms. The van der Waals surface area contributed by atoms with E-state index in [1.807, 2.05) is 0 Å². The molecule has 2 aromatic rings. The first kappa shape index (κ1) is 20.7. The van der Waals surface area contributed by atoms with Crippen LogP contribution in [0.25, 0.3) is 0 Å². The van der Waals surface area contributed by atoms with Gasteiger partial charge in [0.15, 0.2) is 0 Å². The fraction of sp³-hybridized carbons (Fsp3) is 0.353. The Morgan fingerprint density at radius 3 is 2.57 bits per heavy atom. The van der Waals surface area contributed by atoms with E-state index >= 15 is 0 Å². The van der Waals surface area contributed by atoms with Crippen LogP contribution in [0.1, 0.15) is 18.6 Å². The van der Waals surface area contributed by atoms with Gasteiger partial charge in [0, 0.05) is 11.4 Å². The molecule has 11 heteroatoms. The van der Waals surface area contributed by atoms with Crippen LogP contribution in [0.3, 0.4) is 0 Å². The van der Waals surface area contributed by atoms with Crippen LogP contribution < -0.4 is 5.32 Å². The van der Waals surface area contributed by atoms with Gasteiger partial charge in [-0.05, 0) is 61.0 Å². The molecule has 1 unspecified atom stereocenters. The number of halogens is 3. The summed E-state index contributed by atoms with van der Waals surface area (Å²) in [5.74, 6) is 0.0974. The summed E-state index contributed by atoms with van der Waals surface area (Å²) in [6, 6.07) is 6.95. The Morgan fingerprint density at radius 1 is 1.25 bits per heavy atom. The maximum Gasteiger partial charge on any atom is 0.446 e. The number of sulfonamides is 1. The molecule has 28 heavy (non-hydrogen) atoms. The minimum atomic E-state index is -4.45. The predicted molar refractivity (Wildman–Crippen MR) is 95.8 cm³/mol. The lowest BCUT2D eigenvalue weighted by Crippen LogP contribution is -2.45. The van der Waals surface area contributed by atoms with Crippen molar-refractivity contribution in [3.63, 3.8) is 0 Å². The number of alkyl halides is 3. The average Bonchev–Trinajstić information content (AvgIpc) is 3.30. The molecule has 3 rings (SSSR count). The number of rotatable bonds is 6. The highest BCUT2D eigenvalue weighted by molar-refractivity contribution is 8.00. The van der Waals surface area contributed by atoms with Crippen molar-refractivity contribution in [2.45, 2.75) is 40.7 Å². The van der Waals surface area contributed by atoms with Crippen molar-refractivity contribution >= 4 is 27.7 Å². The molecular formula is C17H17F3N2O4S2. The fourth-order valence-electron chi connectivity index (χ4n) is 2.94. The minimum Gasteiger partial charge on any atom is -0.467 e. The number of carbonyl (C=O) groups is 1. The van der Waals surface area contributed by atoms with Crippen molar-refractivity contribution in [2.75, 3.05) is 6.54 Å². The quantitative estimate of drug-likeness (QED) is 0.706. The molecule has 6 nitrogen and oxygen atoms in total. The monoisotopic (exact) mass is 434 g/mol. The normalized spacial score (nSPS) is 18.3. The second-order valence-electron chi connectivity index (χ2n) is 6.09. The van der Waals surface area contributed by atoms with Crippen molar-refractivity contribution in [3.8, 4) is 0 Å². The van der Waals surface area contributed by atoms with Gasteiger partial charge in [-0.1, -0.05) is 0 Å². The van der Waals surface area contributed by atoms with Crippen LogP contribution >= 0.6 is 11.8 Å². The van der Waals surface area contributed by atoms with Gasteiger partial charge in [-0.25, -0.2) is 8.42 Å². The highest BCUT2D eigenvalue weighted by Gasteiger charge is 2.39. The van der Waals surface area contributed by atoms with Gasteiger partial charge in [0.1, 0.15) is 11.8 Å². The maximum atomic E-state index is 12.9. The zero-order valence-electron chi connectivity index (χ0n) is 14.5. The van der Waals surface area contributed by atoms with E-state index in [4.69, 9.17) is 4.42 Å². The SMILES string of the molecule is O=C(NCc1ccco1)C1CCCN1S(=O)(=O)c1ccc(SC(F)(F)F)cc1. The first-order valence-electron chi connectivity index (χ1n) is 8.34. The highest BCUT2D eigenvalue weighted by atomic mass is 32.2.